The highest BCUT2D eigenvalue weighted by molar-refractivity contribution is 14.1. The molecule has 0 bridgehead atoms. The number of hydrogen-bond acceptors (Lipinski definition) is 2. The standard InChI is InChI=1S/C13H11BrINO/c14-12-6-1-9(7-13(12)16)8-17-11-4-2-10(15)3-5-11/h1-7H,8,16H2. The first-order chi connectivity index (χ1) is 8.15. The number of nitrogen functional groups attached to an aromatic ring is 1. The zero-order valence-electron chi connectivity index (χ0n) is 8.99. The normalized spacial score (nSPS) is 10.2. The number of anilines is 1. The third-order valence-corrected chi connectivity index (χ3v) is 3.72. The largest absolute Gasteiger partial charge is 0.489 e. The quantitative estimate of drug-likeness (QED) is 0.615. The molecule has 2 rings (SSSR count). The Morgan fingerprint density at radius 2 is 1.82 bits per heavy atom. The van der Waals surface area contributed by atoms with Gasteiger partial charge in [0, 0.05) is 13.7 Å². The Kier molecular flexibility index (Phi) is 4.28. The van der Waals surface area contributed by atoms with Gasteiger partial charge >= 0.3 is 0 Å². The molecule has 0 saturated heterocycles. The van der Waals surface area contributed by atoms with Crippen molar-refractivity contribution in [3.8, 4) is 5.75 Å². The lowest BCUT2D eigenvalue weighted by Gasteiger charge is -2.07. The fraction of sp³-hybridized carbons (Fsp3) is 0.0769. The van der Waals surface area contributed by atoms with Crippen LogP contribution in [0, 0.1) is 3.57 Å². The van der Waals surface area contributed by atoms with Crippen molar-refractivity contribution in [2.24, 2.45) is 0 Å². The third-order valence-electron chi connectivity index (χ3n) is 2.28. The van der Waals surface area contributed by atoms with Gasteiger partial charge in [0.05, 0.1) is 0 Å². The monoisotopic (exact) mass is 403 g/mol. The Morgan fingerprint density at radius 3 is 2.47 bits per heavy atom. The van der Waals surface area contributed by atoms with E-state index in [1.165, 1.54) is 3.57 Å². The van der Waals surface area contributed by atoms with Crippen LogP contribution in [0.3, 0.4) is 0 Å². The lowest BCUT2D eigenvalue weighted by atomic mass is 10.2. The molecule has 0 radical (unpaired) electrons. The van der Waals surface area contributed by atoms with Crippen LogP contribution in [0.25, 0.3) is 0 Å². The van der Waals surface area contributed by atoms with E-state index >= 15 is 0 Å². The van der Waals surface area contributed by atoms with Crippen molar-refractivity contribution < 1.29 is 4.74 Å². The molecule has 0 spiro atoms. The van der Waals surface area contributed by atoms with Crippen LogP contribution >= 0.6 is 38.5 Å². The van der Waals surface area contributed by atoms with Crippen LogP contribution in [0.5, 0.6) is 5.75 Å². The van der Waals surface area contributed by atoms with E-state index < -0.39 is 0 Å². The van der Waals surface area contributed by atoms with Crippen LogP contribution in [-0.4, -0.2) is 0 Å². The van der Waals surface area contributed by atoms with Crippen molar-refractivity contribution in [1.82, 2.24) is 0 Å². The highest BCUT2D eigenvalue weighted by Gasteiger charge is 1.99. The first-order valence-corrected chi connectivity index (χ1v) is 6.94. The van der Waals surface area contributed by atoms with Crippen LogP contribution in [0.1, 0.15) is 5.56 Å². The van der Waals surface area contributed by atoms with Gasteiger partial charge in [-0.3, -0.25) is 0 Å². The number of halogens is 2. The zero-order chi connectivity index (χ0) is 12.3. The van der Waals surface area contributed by atoms with Crippen molar-refractivity contribution in [3.05, 3.63) is 56.1 Å². The van der Waals surface area contributed by atoms with Crippen molar-refractivity contribution in [1.29, 1.82) is 0 Å². The highest BCUT2D eigenvalue weighted by atomic mass is 127. The summed E-state index contributed by atoms with van der Waals surface area (Å²) in [6.07, 6.45) is 0. The molecule has 0 aromatic heterocycles. The summed E-state index contributed by atoms with van der Waals surface area (Å²) in [5.41, 5.74) is 7.60. The molecule has 0 unspecified atom stereocenters. The fourth-order valence-electron chi connectivity index (χ4n) is 1.38. The van der Waals surface area contributed by atoms with Crippen LogP contribution in [0.2, 0.25) is 0 Å². The molecule has 2 N–H and O–H groups in total. The molecule has 2 aromatic rings. The molecule has 2 nitrogen and oxygen atoms in total. The molecular weight excluding hydrogens is 393 g/mol. The van der Waals surface area contributed by atoms with Crippen molar-refractivity contribution in [2.75, 3.05) is 5.73 Å². The van der Waals surface area contributed by atoms with Gasteiger partial charge < -0.3 is 10.5 Å². The zero-order valence-corrected chi connectivity index (χ0v) is 12.7. The third kappa shape index (κ3) is 3.61. The van der Waals surface area contributed by atoms with E-state index in [2.05, 4.69) is 38.5 Å². The summed E-state index contributed by atoms with van der Waals surface area (Å²) >= 11 is 5.63. The predicted molar refractivity (Wildman–Crippen MR) is 82.0 cm³/mol. The second-order valence-electron chi connectivity index (χ2n) is 3.60. The molecule has 2 aromatic carbocycles. The molecular formula is C13H11BrINO. The second-order valence-corrected chi connectivity index (χ2v) is 5.70. The Labute approximate surface area is 122 Å². The van der Waals surface area contributed by atoms with Crippen LogP contribution in [0.4, 0.5) is 5.69 Å². The number of benzene rings is 2. The van der Waals surface area contributed by atoms with E-state index in [1.807, 2.05) is 42.5 Å². The first kappa shape index (κ1) is 12.7. The van der Waals surface area contributed by atoms with Gasteiger partial charge in [-0.1, -0.05) is 6.07 Å². The van der Waals surface area contributed by atoms with Gasteiger partial charge in [-0.05, 0) is 80.5 Å². The van der Waals surface area contributed by atoms with E-state index in [1.54, 1.807) is 0 Å². The molecule has 0 saturated carbocycles. The highest BCUT2D eigenvalue weighted by Crippen LogP contribution is 2.21. The second kappa shape index (κ2) is 5.73. The van der Waals surface area contributed by atoms with Gasteiger partial charge in [-0.2, -0.15) is 0 Å². The van der Waals surface area contributed by atoms with Gasteiger partial charge in [0.25, 0.3) is 0 Å². The van der Waals surface area contributed by atoms with E-state index in [-0.39, 0.29) is 0 Å². The van der Waals surface area contributed by atoms with Crippen LogP contribution < -0.4 is 10.5 Å². The molecule has 0 aliphatic rings. The summed E-state index contributed by atoms with van der Waals surface area (Å²) in [6, 6.07) is 13.8. The molecule has 17 heavy (non-hydrogen) atoms. The number of nitrogens with two attached hydrogens (primary N) is 1. The maximum absolute atomic E-state index is 5.81. The summed E-state index contributed by atoms with van der Waals surface area (Å²) in [5, 5.41) is 0. The van der Waals surface area contributed by atoms with Crippen molar-refractivity contribution in [3.63, 3.8) is 0 Å². The van der Waals surface area contributed by atoms with E-state index in [4.69, 9.17) is 10.5 Å². The lowest BCUT2D eigenvalue weighted by molar-refractivity contribution is 0.306. The average Bonchev–Trinajstić information content (AvgIpc) is 2.33. The Morgan fingerprint density at radius 1 is 1.12 bits per heavy atom. The topological polar surface area (TPSA) is 35.2 Å². The van der Waals surface area contributed by atoms with Gasteiger partial charge in [0.1, 0.15) is 12.4 Å². The molecule has 0 aliphatic heterocycles. The van der Waals surface area contributed by atoms with Crippen molar-refractivity contribution in [2.45, 2.75) is 6.61 Å². The van der Waals surface area contributed by atoms with Crippen molar-refractivity contribution >= 4 is 44.2 Å². The Bertz CT molecular complexity index is 513. The Balaban J connectivity index is 2.02. The van der Waals surface area contributed by atoms with E-state index in [9.17, 15) is 0 Å². The molecule has 0 amide bonds. The predicted octanol–water partition coefficient (Wildman–Crippen LogP) is 4.21. The van der Waals surface area contributed by atoms with Crippen LogP contribution in [-0.2, 0) is 6.61 Å². The molecule has 0 fully saturated rings. The fourth-order valence-corrected chi connectivity index (χ4v) is 1.99. The molecule has 4 heteroatoms. The summed E-state index contributed by atoms with van der Waals surface area (Å²) in [4.78, 5) is 0. The average molecular weight is 404 g/mol. The molecule has 0 heterocycles. The first-order valence-electron chi connectivity index (χ1n) is 5.07. The number of hydrogen-bond donors (Lipinski definition) is 1. The number of ether oxygens (including phenoxy) is 1. The SMILES string of the molecule is Nc1cc(COc2ccc(I)cc2)ccc1Br. The number of rotatable bonds is 3. The molecule has 0 aliphatic carbocycles. The smallest absolute Gasteiger partial charge is 0.119 e. The maximum atomic E-state index is 5.81. The Hall–Kier alpha value is -0.750. The van der Waals surface area contributed by atoms with Crippen LogP contribution in [0.15, 0.2) is 46.9 Å². The minimum Gasteiger partial charge on any atom is -0.489 e. The minimum absolute atomic E-state index is 0.526. The molecule has 88 valence electrons. The summed E-state index contributed by atoms with van der Waals surface area (Å²) in [6.45, 7) is 0.526. The van der Waals surface area contributed by atoms with Gasteiger partial charge in [-0.15, -0.1) is 0 Å². The summed E-state index contributed by atoms with van der Waals surface area (Å²) in [5.74, 6) is 0.868. The van der Waals surface area contributed by atoms with Gasteiger partial charge in [0.15, 0.2) is 0 Å². The lowest BCUT2D eigenvalue weighted by Crippen LogP contribution is -1.97. The minimum atomic E-state index is 0.526. The molecule has 0 atom stereocenters. The van der Waals surface area contributed by atoms with E-state index in [0.717, 1.165) is 21.5 Å². The van der Waals surface area contributed by atoms with Gasteiger partial charge in [-0.25, -0.2) is 0 Å². The van der Waals surface area contributed by atoms with Gasteiger partial charge in [0.2, 0.25) is 0 Å². The maximum Gasteiger partial charge on any atom is 0.119 e. The summed E-state index contributed by atoms with van der Waals surface area (Å²) in [7, 11) is 0. The van der Waals surface area contributed by atoms with E-state index in [0.29, 0.717) is 6.61 Å². The summed E-state index contributed by atoms with van der Waals surface area (Å²) < 4.78 is 7.78.